The highest BCUT2D eigenvalue weighted by atomic mass is 16.5. The van der Waals surface area contributed by atoms with Crippen LogP contribution < -0.4 is 33.2 Å². The SMILES string of the molecule is CC1Oc2ccccc2C1C1Oc2ccccc2C1C1Oc2ccccc2C1C1Oc2ccccc2C1C1Oc2ccccc2C1C1Oc2ccccc2C1C1Oc2ccccc2C1C. The Labute approximate surface area is 378 Å². The minimum atomic E-state index is -0.367. The molecule has 7 aliphatic heterocycles. The van der Waals surface area contributed by atoms with Crippen LogP contribution in [0, 0.1) is 0 Å². The van der Waals surface area contributed by atoms with Crippen molar-refractivity contribution in [3.8, 4) is 40.2 Å². The Morgan fingerprint density at radius 2 is 0.446 bits per heavy atom. The van der Waals surface area contributed by atoms with Crippen molar-refractivity contribution in [2.45, 2.75) is 98.0 Å². The Balaban J connectivity index is 0.915. The summed E-state index contributed by atoms with van der Waals surface area (Å²) < 4.78 is 50.3. The van der Waals surface area contributed by atoms with Gasteiger partial charge in [0.2, 0.25) is 0 Å². The van der Waals surface area contributed by atoms with Crippen molar-refractivity contribution in [3.63, 3.8) is 0 Å². The van der Waals surface area contributed by atoms with Crippen molar-refractivity contribution >= 4 is 0 Å². The number of para-hydroxylation sites is 7. The molecule has 7 heterocycles. The number of hydrogen-bond acceptors (Lipinski definition) is 7. The van der Waals surface area contributed by atoms with Gasteiger partial charge in [0.25, 0.3) is 0 Å². The van der Waals surface area contributed by atoms with Gasteiger partial charge in [0.1, 0.15) is 83.0 Å². The monoisotopic (exact) mass is 856 g/mol. The lowest BCUT2D eigenvalue weighted by Crippen LogP contribution is -2.48. The summed E-state index contributed by atoms with van der Waals surface area (Å²) in [5.41, 5.74) is 8.17. The molecule has 7 heteroatoms. The summed E-state index contributed by atoms with van der Waals surface area (Å²) in [6, 6.07) is 59.7. The third-order valence-electron chi connectivity index (χ3n) is 15.9. The summed E-state index contributed by atoms with van der Waals surface area (Å²) in [4.78, 5) is 0. The molecule has 0 amide bonds. The topological polar surface area (TPSA) is 64.6 Å². The van der Waals surface area contributed by atoms with Crippen molar-refractivity contribution in [2.24, 2.45) is 0 Å². The highest BCUT2D eigenvalue weighted by Crippen LogP contribution is 2.62. The fourth-order valence-corrected chi connectivity index (χ4v) is 13.2. The highest BCUT2D eigenvalue weighted by molar-refractivity contribution is 5.56. The van der Waals surface area contributed by atoms with E-state index in [2.05, 4.69) is 178 Å². The smallest absolute Gasteiger partial charge is 0.123 e. The first-order chi connectivity index (χ1) is 32.1. The van der Waals surface area contributed by atoms with Gasteiger partial charge in [0, 0.05) is 44.9 Å². The Kier molecular flexibility index (Phi) is 8.26. The van der Waals surface area contributed by atoms with Gasteiger partial charge < -0.3 is 33.2 Å². The Morgan fingerprint density at radius 1 is 0.231 bits per heavy atom. The average Bonchev–Trinajstić information content (AvgIpc) is 4.21. The summed E-state index contributed by atoms with van der Waals surface area (Å²) in [5, 5.41) is 0. The van der Waals surface area contributed by atoms with E-state index < -0.39 is 0 Å². The molecule has 0 aliphatic carbocycles. The quantitative estimate of drug-likeness (QED) is 0.165. The van der Waals surface area contributed by atoms with Crippen molar-refractivity contribution in [3.05, 3.63) is 209 Å². The van der Waals surface area contributed by atoms with Gasteiger partial charge in [0.15, 0.2) is 0 Å². The van der Waals surface area contributed by atoms with E-state index in [1.807, 2.05) is 6.07 Å². The number of hydrogen-bond donors (Lipinski definition) is 0. The van der Waals surface area contributed by atoms with E-state index >= 15 is 0 Å². The standard InChI is InChI=1S/C58H48O7/c1-31-33-17-3-10-24-40(33)60-53(31)48-35-19-5-12-26-42(35)62-55(48)50-37-21-7-14-28-44(37)64-57(50)52-39-23-9-16-30-46(39)65-58(52)51-38-22-8-15-29-45(38)63-56(51)49-36-20-6-13-27-43(36)61-54(49)47-32(2)59-41-25-11-4-18-34(41)47/h3-32,47-58H,1-2H3. The molecule has 322 valence electrons. The molecule has 0 N–H and O–H groups in total. The maximum absolute atomic E-state index is 7.46. The summed E-state index contributed by atoms with van der Waals surface area (Å²) >= 11 is 0. The Morgan fingerprint density at radius 3 is 0.769 bits per heavy atom. The summed E-state index contributed by atoms with van der Waals surface area (Å²) in [7, 11) is 0. The predicted molar refractivity (Wildman–Crippen MR) is 247 cm³/mol. The minimum Gasteiger partial charge on any atom is -0.490 e. The fraction of sp³-hybridized carbons (Fsp3) is 0.276. The second-order valence-electron chi connectivity index (χ2n) is 19.0. The summed E-state index contributed by atoms with van der Waals surface area (Å²) in [5.74, 6) is 5.69. The zero-order valence-corrected chi connectivity index (χ0v) is 36.1. The van der Waals surface area contributed by atoms with Gasteiger partial charge in [-0.15, -0.1) is 0 Å². The van der Waals surface area contributed by atoms with Crippen molar-refractivity contribution in [1.29, 1.82) is 0 Å². The van der Waals surface area contributed by atoms with E-state index in [9.17, 15) is 0 Å². The van der Waals surface area contributed by atoms with Crippen LogP contribution in [0.2, 0.25) is 0 Å². The van der Waals surface area contributed by atoms with Crippen LogP contribution in [0.25, 0.3) is 0 Å². The van der Waals surface area contributed by atoms with Crippen molar-refractivity contribution in [1.82, 2.24) is 0 Å². The van der Waals surface area contributed by atoms with E-state index in [0.29, 0.717) is 0 Å². The third kappa shape index (κ3) is 5.47. The van der Waals surface area contributed by atoms with Gasteiger partial charge in [-0.3, -0.25) is 0 Å². The lowest BCUT2D eigenvalue weighted by atomic mass is 9.68. The van der Waals surface area contributed by atoms with Crippen LogP contribution in [0.5, 0.6) is 40.2 Å². The normalized spacial score (nSPS) is 32.4. The maximum Gasteiger partial charge on any atom is 0.123 e. The van der Waals surface area contributed by atoms with Crippen LogP contribution in [0.15, 0.2) is 170 Å². The molecule has 0 spiro atoms. The molecule has 0 radical (unpaired) electrons. The van der Waals surface area contributed by atoms with Gasteiger partial charge in [-0.2, -0.15) is 0 Å². The average molecular weight is 857 g/mol. The molecule has 0 aromatic heterocycles. The van der Waals surface area contributed by atoms with Crippen LogP contribution in [0.3, 0.4) is 0 Å². The summed E-state index contributed by atoms with van der Waals surface area (Å²) in [6.07, 6.45) is -1.83. The zero-order valence-electron chi connectivity index (χ0n) is 36.1. The van der Waals surface area contributed by atoms with E-state index in [1.54, 1.807) is 0 Å². The second kappa shape index (κ2) is 14.3. The number of fused-ring (bicyclic) bond motifs is 7. The molecule has 14 unspecified atom stereocenters. The highest BCUT2D eigenvalue weighted by Gasteiger charge is 2.62. The molecule has 14 rings (SSSR count). The lowest BCUT2D eigenvalue weighted by Gasteiger charge is -2.39. The number of benzene rings is 7. The zero-order chi connectivity index (χ0) is 42.9. The van der Waals surface area contributed by atoms with Crippen LogP contribution in [-0.2, 0) is 0 Å². The fourth-order valence-electron chi connectivity index (χ4n) is 13.2. The van der Waals surface area contributed by atoms with E-state index in [4.69, 9.17) is 33.2 Å². The van der Waals surface area contributed by atoms with Crippen LogP contribution in [0.1, 0.15) is 94.2 Å². The first-order valence-corrected chi connectivity index (χ1v) is 23.4. The molecular weight excluding hydrogens is 809 g/mol. The lowest BCUT2D eigenvalue weighted by molar-refractivity contribution is 0.0139. The molecule has 7 aromatic carbocycles. The number of ether oxygens (including phenoxy) is 7. The number of rotatable bonds is 6. The Hall–Kier alpha value is -6.86. The predicted octanol–water partition coefficient (Wildman–Crippen LogP) is 11.8. The van der Waals surface area contributed by atoms with Gasteiger partial charge in [-0.05, 0) is 49.4 Å². The Bertz CT molecular complexity index is 3000. The second-order valence-corrected chi connectivity index (χ2v) is 19.0. The molecule has 0 saturated carbocycles. The molecule has 7 aromatic rings. The van der Waals surface area contributed by atoms with Crippen LogP contribution in [0.4, 0.5) is 0 Å². The van der Waals surface area contributed by atoms with E-state index in [0.717, 1.165) is 62.5 Å². The third-order valence-corrected chi connectivity index (χ3v) is 15.9. The molecule has 0 bridgehead atoms. The van der Waals surface area contributed by atoms with Gasteiger partial charge in [-0.25, -0.2) is 0 Å². The molecule has 0 fully saturated rings. The molecule has 14 atom stereocenters. The molecule has 0 saturated heterocycles. The van der Waals surface area contributed by atoms with Gasteiger partial charge in [0.05, 0.1) is 35.5 Å². The van der Waals surface area contributed by atoms with E-state index in [-0.39, 0.29) is 84.2 Å². The molecule has 7 aliphatic rings. The molecule has 65 heavy (non-hydrogen) atoms. The first kappa shape index (κ1) is 37.5. The molecule has 7 nitrogen and oxygen atoms in total. The summed E-state index contributed by atoms with van der Waals surface area (Å²) in [6.45, 7) is 4.47. The van der Waals surface area contributed by atoms with Gasteiger partial charge >= 0.3 is 0 Å². The first-order valence-electron chi connectivity index (χ1n) is 23.4. The van der Waals surface area contributed by atoms with Gasteiger partial charge in [-0.1, -0.05) is 134 Å². The van der Waals surface area contributed by atoms with Crippen molar-refractivity contribution in [2.75, 3.05) is 0 Å². The van der Waals surface area contributed by atoms with E-state index in [1.165, 1.54) is 16.7 Å². The van der Waals surface area contributed by atoms with Crippen LogP contribution in [-0.4, -0.2) is 42.7 Å². The maximum atomic E-state index is 7.46. The van der Waals surface area contributed by atoms with Crippen LogP contribution >= 0.6 is 0 Å². The van der Waals surface area contributed by atoms with Crippen molar-refractivity contribution < 1.29 is 33.2 Å². The molecular formula is C58H48O7. The largest absolute Gasteiger partial charge is 0.490 e. The minimum absolute atomic E-state index is 0.0180.